The predicted molar refractivity (Wildman–Crippen MR) is 57.1 cm³/mol. The summed E-state index contributed by atoms with van der Waals surface area (Å²) >= 11 is 0. The average Bonchev–Trinajstić information content (AvgIpc) is 2.66. The van der Waals surface area contributed by atoms with Crippen LogP contribution in [0.3, 0.4) is 0 Å². The standard InChI is InChI=1S/C10H12N4O/c15-10-9(7-12-14-10)13-11-6-8-4-2-1-3-5-8/h1-6,9,12-13H,7H2,(H,14,15)/b11-6+. The number of hydrazone groups is 1. The molecule has 78 valence electrons. The maximum Gasteiger partial charge on any atom is 0.259 e. The van der Waals surface area contributed by atoms with Crippen molar-refractivity contribution >= 4 is 12.1 Å². The first kappa shape index (κ1) is 9.67. The number of carbonyl (C=O) groups is 1. The first-order chi connectivity index (χ1) is 7.36. The maximum absolute atomic E-state index is 11.1. The molecule has 1 saturated heterocycles. The summed E-state index contributed by atoms with van der Waals surface area (Å²) in [6, 6.07) is 9.41. The number of hydrogen-bond donors (Lipinski definition) is 3. The molecule has 0 radical (unpaired) electrons. The average molecular weight is 204 g/mol. The molecule has 5 nitrogen and oxygen atoms in total. The maximum atomic E-state index is 11.1. The third-order valence-electron chi connectivity index (χ3n) is 2.08. The Morgan fingerprint density at radius 1 is 1.40 bits per heavy atom. The fourth-order valence-corrected chi connectivity index (χ4v) is 1.27. The summed E-state index contributed by atoms with van der Waals surface area (Å²) in [6.07, 6.45) is 1.69. The molecule has 1 fully saturated rings. The van der Waals surface area contributed by atoms with E-state index in [-0.39, 0.29) is 11.9 Å². The monoisotopic (exact) mass is 204 g/mol. The number of hydrazine groups is 1. The smallest absolute Gasteiger partial charge is 0.259 e. The third kappa shape index (κ3) is 2.54. The van der Waals surface area contributed by atoms with Crippen LogP contribution in [0.5, 0.6) is 0 Å². The molecular formula is C10H12N4O. The lowest BCUT2D eigenvalue weighted by Crippen LogP contribution is -2.34. The van der Waals surface area contributed by atoms with Crippen molar-refractivity contribution in [2.24, 2.45) is 5.10 Å². The summed E-state index contributed by atoms with van der Waals surface area (Å²) in [6.45, 7) is 0.547. The lowest BCUT2D eigenvalue weighted by atomic mass is 10.2. The number of rotatable bonds is 3. The van der Waals surface area contributed by atoms with Gasteiger partial charge in [-0.1, -0.05) is 30.3 Å². The van der Waals surface area contributed by atoms with Gasteiger partial charge in [-0.15, -0.1) is 0 Å². The van der Waals surface area contributed by atoms with Gasteiger partial charge in [0.1, 0.15) is 6.04 Å². The van der Waals surface area contributed by atoms with Crippen molar-refractivity contribution < 1.29 is 4.79 Å². The summed E-state index contributed by atoms with van der Waals surface area (Å²) < 4.78 is 0. The van der Waals surface area contributed by atoms with Crippen molar-refractivity contribution in [2.75, 3.05) is 6.54 Å². The number of nitrogens with one attached hydrogen (secondary N) is 3. The Labute approximate surface area is 87.5 Å². The van der Waals surface area contributed by atoms with E-state index < -0.39 is 0 Å². The Kier molecular flexibility index (Phi) is 2.94. The number of carbonyl (C=O) groups excluding carboxylic acids is 1. The van der Waals surface area contributed by atoms with Crippen LogP contribution >= 0.6 is 0 Å². The van der Waals surface area contributed by atoms with E-state index in [1.807, 2.05) is 30.3 Å². The molecule has 0 spiro atoms. The second-order valence-electron chi connectivity index (χ2n) is 3.22. The molecule has 3 N–H and O–H groups in total. The first-order valence-electron chi connectivity index (χ1n) is 4.72. The van der Waals surface area contributed by atoms with Gasteiger partial charge < -0.3 is 0 Å². The molecule has 1 aromatic carbocycles. The molecule has 1 aliphatic rings. The summed E-state index contributed by atoms with van der Waals surface area (Å²) in [4.78, 5) is 11.1. The lowest BCUT2D eigenvalue weighted by molar-refractivity contribution is -0.121. The van der Waals surface area contributed by atoms with Crippen LogP contribution in [0.4, 0.5) is 0 Å². The van der Waals surface area contributed by atoms with Gasteiger partial charge in [-0.25, -0.2) is 5.43 Å². The van der Waals surface area contributed by atoms with Crippen LogP contribution in [0.1, 0.15) is 5.56 Å². The first-order valence-corrected chi connectivity index (χ1v) is 4.72. The summed E-state index contributed by atoms with van der Waals surface area (Å²) in [5.74, 6) is -0.0831. The van der Waals surface area contributed by atoms with Crippen LogP contribution in [-0.2, 0) is 4.79 Å². The van der Waals surface area contributed by atoms with E-state index in [0.717, 1.165) is 5.56 Å². The molecule has 1 amide bonds. The van der Waals surface area contributed by atoms with Gasteiger partial charge in [-0.2, -0.15) is 5.10 Å². The van der Waals surface area contributed by atoms with Crippen LogP contribution in [0.2, 0.25) is 0 Å². The van der Waals surface area contributed by atoms with Crippen molar-refractivity contribution in [3.63, 3.8) is 0 Å². The molecule has 5 heteroatoms. The zero-order valence-electron chi connectivity index (χ0n) is 8.10. The Morgan fingerprint density at radius 3 is 2.87 bits per heavy atom. The summed E-state index contributed by atoms with van der Waals surface area (Å²) in [5.41, 5.74) is 9.00. The molecule has 1 heterocycles. The molecule has 15 heavy (non-hydrogen) atoms. The number of nitrogens with zero attached hydrogens (tertiary/aromatic N) is 1. The second-order valence-corrected chi connectivity index (χ2v) is 3.22. The Balaban J connectivity index is 1.88. The molecule has 1 aromatic rings. The summed E-state index contributed by atoms with van der Waals surface area (Å²) in [5, 5.41) is 4.00. The molecule has 2 rings (SSSR count). The van der Waals surface area contributed by atoms with Crippen LogP contribution in [0.25, 0.3) is 0 Å². The number of amides is 1. The molecule has 1 aliphatic heterocycles. The highest BCUT2D eigenvalue weighted by molar-refractivity contribution is 5.84. The highest BCUT2D eigenvalue weighted by Crippen LogP contribution is 1.94. The van der Waals surface area contributed by atoms with E-state index in [1.54, 1.807) is 6.21 Å². The molecule has 0 saturated carbocycles. The number of benzene rings is 1. The van der Waals surface area contributed by atoms with E-state index in [9.17, 15) is 4.79 Å². The Bertz CT molecular complexity index is 363. The van der Waals surface area contributed by atoms with Crippen molar-refractivity contribution in [1.29, 1.82) is 0 Å². The largest absolute Gasteiger partial charge is 0.296 e. The van der Waals surface area contributed by atoms with Crippen LogP contribution in [-0.4, -0.2) is 24.7 Å². The zero-order chi connectivity index (χ0) is 10.5. The van der Waals surface area contributed by atoms with Crippen LogP contribution in [0.15, 0.2) is 35.4 Å². The van der Waals surface area contributed by atoms with Gasteiger partial charge in [0.05, 0.1) is 6.21 Å². The van der Waals surface area contributed by atoms with Crippen LogP contribution in [0, 0.1) is 0 Å². The SMILES string of the molecule is O=C1NNCC1N/N=C/c1ccccc1. The number of hydrogen-bond acceptors (Lipinski definition) is 4. The second kappa shape index (κ2) is 4.56. The summed E-state index contributed by atoms with van der Waals surface area (Å²) in [7, 11) is 0. The quantitative estimate of drug-likeness (QED) is 0.464. The predicted octanol–water partition coefficient (Wildman–Crippen LogP) is -0.387. The van der Waals surface area contributed by atoms with Gasteiger partial charge in [0, 0.05) is 6.54 Å². The van der Waals surface area contributed by atoms with E-state index >= 15 is 0 Å². The molecular weight excluding hydrogens is 192 g/mol. The topological polar surface area (TPSA) is 65.5 Å². The lowest BCUT2D eigenvalue weighted by Gasteiger charge is -2.03. The van der Waals surface area contributed by atoms with E-state index in [4.69, 9.17) is 0 Å². The normalized spacial score (nSPS) is 20.5. The molecule has 0 bridgehead atoms. The van der Waals surface area contributed by atoms with Gasteiger partial charge >= 0.3 is 0 Å². The molecule has 1 unspecified atom stereocenters. The van der Waals surface area contributed by atoms with Gasteiger partial charge in [0.15, 0.2) is 0 Å². The minimum absolute atomic E-state index is 0.0831. The van der Waals surface area contributed by atoms with Crippen LogP contribution < -0.4 is 16.3 Å². The minimum Gasteiger partial charge on any atom is -0.296 e. The van der Waals surface area contributed by atoms with Gasteiger partial charge in [0.2, 0.25) is 0 Å². The van der Waals surface area contributed by atoms with Gasteiger partial charge in [0.25, 0.3) is 5.91 Å². The fraction of sp³-hybridized carbons (Fsp3) is 0.200. The highest BCUT2D eigenvalue weighted by Gasteiger charge is 2.22. The van der Waals surface area contributed by atoms with Crippen molar-refractivity contribution in [3.8, 4) is 0 Å². The van der Waals surface area contributed by atoms with Crippen molar-refractivity contribution in [2.45, 2.75) is 6.04 Å². The molecule has 1 atom stereocenters. The van der Waals surface area contributed by atoms with E-state index in [0.29, 0.717) is 6.54 Å². The van der Waals surface area contributed by atoms with Gasteiger partial charge in [-0.05, 0) is 5.56 Å². The fourth-order valence-electron chi connectivity index (χ4n) is 1.27. The Morgan fingerprint density at radius 2 is 2.20 bits per heavy atom. The Hall–Kier alpha value is -1.88. The van der Waals surface area contributed by atoms with Crippen molar-refractivity contribution in [3.05, 3.63) is 35.9 Å². The van der Waals surface area contributed by atoms with E-state index in [2.05, 4.69) is 21.4 Å². The highest BCUT2D eigenvalue weighted by atomic mass is 16.2. The zero-order valence-corrected chi connectivity index (χ0v) is 8.10. The third-order valence-corrected chi connectivity index (χ3v) is 2.08. The molecule has 0 aromatic heterocycles. The van der Waals surface area contributed by atoms with Crippen molar-refractivity contribution in [1.82, 2.24) is 16.3 Å². The molecule has 0 aliphatic carbocycles. The minimum atomic E-state index is -0.287. The van der Waals surface area contributed by atoms with Gasteiger partial charge in [-0.3, -0.25) is 15.6 Å². The van der Waals surface area contributed by atoms with E-state index in [1.165, 1.54) is 0 Å².